The van der Waals surface area contributed by atoms with Crippen molar-refractivity contribution in [1.82, 2.24) is 10.8 Å². The summed E-state index contributed by atoms with van der Waals surface area (Å²) in [6.45, 7) is 3.74. The fraction of sp³-hybridized carbons (Fsp3) is 0.714. The molecule has 0 aromatic rings. The molecule has 2 N–H and O–H groups in total. The Labute approximate surface area is 70.4 Å². The molecule has 1 fully saturated rings. The molecule has 12 heavy (non-hydrogen) atoms. The lowest BCUT2D eigenvalue weighted by Gasteiger charge is -2.09. The Hall–Kier alpha value is -1.10. The van der Waals surface area contributed by atoms with Crippen LogP contribution in [-0.4, -0.2) is 24.5 Å². The molecule has 1 saturated heterocycles. The van der Waals surface area contributed by atoms with Crippen LogP contribution >= 0.6 is 0 Å². The number of hydroxylamine groups is 1. The Bertz CT molecular complexity index is 203. The number of rotatable bonds is 2. The molecule has 0 radical (unpaired) electrons. The minimum atomic E-state index is -0.528. The lowest BCUT2D eigenvalue weighted by molar-refractivity contribution is -0.129. The van der Waals surface area contributed by atoms with Crippen LogP contribution in [0.25, 0.3) is 0 Å². The van der Waals surface area contributed by atoms with Crippen LogP contribution in [0, 0.1) is 5.92 Å². The van der Waals surface area contributed by atoms with Crippen molar-refractivity contribution >= 4 is 11.8 Å². The predicted molar refractivity (Wildman–Crippen MR) is 40.9 cm³/mol. The van der Waals surface area contributed by atoms with Crippen molar-refractivity contribution in [1.29, 1.82) is 0 Å². The Morgan fingerprint density at radius 1 is 1.75 bits per heavy atom. The van der Waals surface area contributed by atoms with Crippen molar-refractivity contribution < 1.29 is 14.4 Å². The van der Waals surface area contributed by atoms with E-state index < -0.39 is 6.04 Å². The zero-order valence-electron chi connectivity index (χ0n) is 7.09. The molecule has 2 amide bonds. The second-order valence-electron chi connectivity index (χ2n) is 2.99. The summed E-state index contributed by atoms with van der Waals surface area (Å²) in [5.74, 6) is -0.539. The highest BCUT2D eigenvalue weighted by molar-refractivity contribution is 5.88. The normalized spacial score (nSPS) is 22.6. The molecule has 0 bridgehead atoms. The molecule has 5 nitrogen and oxygen atoms in total. The number of amides is 2. The molecule has 0 aromatic carbocycles. The summed E-state index contributed by atoms with van der Waals surface area (Å²) >= 11 is 0. The number of carbonyl (C=O) groups excluding carboxylic acids is 2. The number of hydrogen-bond acceptors (Lipinski definition) is 3. The van der Waals surface area contributed by atoms with E-state index in [1.807, 2.05) is 0 Å². The molecule has 0 spiro atoms. The molecule has 1 aliphatic rings. The van der Waals surface area contributed by atoms with Gasteiger partial charge < -0.3 is 5.32 Å². The van der Waals surface area contributed by atoms with E-state index in [1.54, 1.807) is 13.8 Å². The Kier molecular flexibility index (Phi) is 2.65. The Morgan fingerprint density at radius 3 is 2.83 bits per heavy atom. The van der Waals surface area contributed by atoms with E-state index in [0.29, 0.717) is 0 Å². The van der Waals surface area contributed by atoms with E-state index in [0.717, 1.165) is 0 Å². The first kappa shape index (κ1) is 8.99. The summed E-state index contributed by atoms with van der Waals surface area (Å²) < 4.78 is 0. The highest BCUT2D eigenvalue weighted by Gasteiger charge is 2.27. The molecular weight excluding hydrogens is 160 g/mol. The van der Waals surface area contributed by atoms with Crippen LogP contribution in [0.4, 0.5) is 0 Å². The van der Waals surface area contributed by atoms with Crippen LogP contribution < -0.4 is 10.8 Å². The van der Waals surface area contributed by atoms with E-state index in [-0.39, 0.29) is 24.3 Å². The van der Waals surface area contributed by atoms with Gasteiger partial charge in [0.25, 0.3) is 5.91 Å². The van der Waals surface area contributed by atoms with Gasteiger partial charge in [-0.2, -0.15) is 0 Å². The zero-order chi connectivity index (χ0) is 9.14. The first-order valence-corrected chi connectivity index (χ1v) is 3.83. The average Bonchev–Trinajstić information content (AvgIpc) is 2.36. The van der Waals surface area contributed by atoms with Gasteiger partial charge in [0.1, 0.15) is 12.6 Å². The minimum Gasteiger partial charge on any atom is -0.342 e. The smallest absolute Gasteiger partial charge is 0.268 e. The maximum atomic E-state index is 11.1. The number of carbonyl (C=O) groups is 2. The fourth-order valence-electron chi connectivity index (χ4n) is 0.789. The molecular formula is C7H12N2O3. The van der Waals surface area contributed by atoms with Crippen LogP contribution in [0.15, 0.2) is 0 Å². The maximum Gasteiger partial charge on any atom is 0.268 e. The molecule has 1 aliphatic heterocycles. The van der Waals surface area contributed by atoms with E-state index in [9.17, 15) is 9.59 Å². The van der Waals surface area contributed by atoms with Crippen molar-refractivity contribution in [2.45, 2.75) is 19.9 Å². The molecule has 1 heterocycles. The maximum absolute atomic E-state index is 11.1. The number of nitrogens with one attached hydrogen (secondary N) is 2. The quantitative estimate of drug-likeness (QED) is 0.572. The lowest BCUT2D eigenvalue weighted by atomic mass is 10.2. The van der Waals surface area contributed by atoms with E-state index in [2.05, 4.69) is 15.6 Å². The van der Waals surface area contributed by atoms with Gasteiger partial charge >= 0.3 is 0 Å². The largest absolute Gasteiger partial charge is 0.342 e. The van der Waals surface area contributed by atoms with Crippen molar-refractivity contribution in [2.24, 2.45) is 5.92 Å². The molecule has 0 aromatic heterocycles. The van der Waals surface area contributed by atoms with E-state index >= 15 is 0 Å². The van der Waals surface area contributed by atoms with E-state index in [4.69, 9.17) is 0 Å². The van der Waals surface area contributed by atoms with Gasteiger partial charge in [0.2, 0.25) is 5.91 Å². The average molecular weight is 172 g/mol. The van der Waals surface area contributed by atoms with Gasteiger partial charge in [0, 0.05) is 5.92 Å². The standard InChI is InChI=1S/C7H12N2O3/c1-4(2)6(10)8-5-3-12-9-7(5)11/h4-5H,3H2,1-2H3,(H,8,10)(H,9,11)/t5-/m1/s1. The van der Waals surface area contributed by atoms with Gasteiger partial charge in [0.05, 0.1) is 0 Å². The van der Waals surface area contributed by atoms with Gasteiger partial charge in [-0.25, -0.2) is 5.48 Å². The summed E-state index contributed by atoms with van der Waals surface area (Å²) in [7, 11) is 0. The molecule has 5 heteroatoms. The third kappa shape index (κ3) is 1.94. The molecule has 1 rings (SSSR count). The highest BCUT2D eigenvalue weighted by Crippen LogP contribution is 1.97. The summed E-state index contributed by atoms with van der Waals surface area (Å²) in [6, 6.07) is -0.528. The molecule has 0 unspecified atom stereocenters. The van der Waals surface area contributed by atoms with Gasteiger partial charge in [-0.05, 0) is 0 Å². The predicted octanol–water partition coefficient (Wildman–Crippen LogP) is -0.811. The molecule has 68 valence electrons. The first-order chi connectivity index (χ1) is 5.61. The van der Waals surface area contributed by atoms with Gasteiger partial charge in [-0.1, -0.05) is 13.8 Å². The Balaban J connectivity index is 2.40. The molecule has 1 atom stereocenters. The second kappa shape index (κ2) is 3.53. The van der Waals surface area contributed by atoms with Crippen LogP contribution in [0.5, 0.6) is 0 Å². The van der Waals surface area contributed by atoms with E-state index in [1.165, 1.54) is 0 Å². The topological polar surface area (TPSA) is 67.4 Å². The van der Waals surface area contributed by atoms with Crippen LogP contribution in [-0.2, 0) is 14.4 Å². The first-order valence-electron chi connectivity index (χ1n) is 3.83. The van der Waals surface area contributed by atoms with Crippen molar-refractivity contribution in [3.8, 4) is 0 Å². The lowest BCUT2D eigenvalue weighted by Crippen LogP contribution is -2.43. The monoisotopic (exact) mass is 172 g/mol. The SMILES string of the molecule is CC(C)C(=O)N[C@@H]1CONC1=O. The molecule has 0 aliphatic carbocycles. The zero-order valence-corrected chi connectivity index (χ0v) is 7.09. The van der Waals surface area contributed by atoms with Gasteiger partial charge in [0.15, 0.2) is 0 Å². The van der Waals surface area contributed by atoms with Gasteiger partial charge in [-0.15, -0.1) is 0 Å². The van der Waals surface area contributed by atoms with Gasteiger partial charge in [-0.3, -0.25) is 14.4 Å². The third-order valence-electron chi connectivity index (χ3n) is 1.58. The second-order valence-corrected chi connectivity index (χ2v) is 2.99. The van der Waals surface area contributed by atoms with Crippen LogP contribution in [0.2, 0.25) is 0 Å². The summed E-state index contributed by atoms with van der Waals surface area (Å²) in [5.41, 5.74) is 2.16. The molecule has 0 saturated carbocycles. The van der Waals surface area contributed by atoms with Crippen molar-refractivity contribution in [2.75, 3.05) is 6.61 Å². The third-order valence-corrected chi connectivity index (χ3v) is 1.58. The van der Waals surface area contributed by atoms with Crippen molar-refractivity contribution in [3.05, 3.63) is 0 Å². The number of hydrogen-bond donors (Lipinski definition) is 2. The Morgan fingerprint density at radius 2 is 2.42 bits per heavy atom. The summed E-state index contributed by atoms with van der Waals surface area (Å²) in [4.78, 5) is 26.6. The summed E-state index contributed by atoms with van der Waals surface area (Å²) in [6.07, 6.45) is 0. The summed E-state index contributed by atoms with van der Waals surface area (Å²) in [5, 5.41) is 2.55. The van der Waals surface area contributed by atoms with Crippen LogP contribution in [0.1, 0.15) is 13.8 Å². The van der Waals surface area contributed by atoms with Crippen molar-refractivity contribution in [3.63, 3.8) is 0 Å². The minimum absolute atomic E-state index is 0.113. The highest BCUT2D eigenvalue weighted by atomic mass is 16.7. The fourth-order valence-corrected chi connectivity index (χ4v) is 0.789. The van der Waals surface area contributed by atoms with Crippen LogP contribution in [0.3, 0.4) is 0 Å².